The van der Waals surface area contributed by atoms with E-state index >= 15 is 0 Å². The first-order chi connectivity index (χ1) is 15.5. The average molecular weight is 428 g/mol. The van der Waals surface area contributed by atoms with Crippen molar-refractivity contribution in [2.24, 2.45) is 0 Å². The summed E-state index contributed by atoms with van der Waals surface area (Å²) in [6, 6.07) is 21.9. The lowest BCUT2D eigenvalue weighted by atomic mass is 9.93. The summed E-state index contributed by atoms with van der Waals surface area (Å²) in [6.07, 6.45) is -0.648. The van der Waals surface area contributed by atoms with Gasteiger partial charge >= 0.3 is 6.09 Å². The molecule has 2 heterocycles. The van der Waals surface area contributed by atoms with Crippen LogP contribution in [0, 0.1) is 0 Å². The van der Waals surface area contributed by atoms with Crippen molar-refractivity contribution in [3.63, 3.8) is 0 Å². The van der Waals surface area contributed by atoms with Crippen molar-refractivity contribution < 1.29 is 19.8 Å². The van der Waals surface area contributed by atoms with Crippen molar-refractivity contribution in [1.82, 2.24) is 14.9 Å². The van der Waals surface area contributed by atoms with Crippen LogP contribution >= 0.6 is 0 Å². The number of rotatable bonds is 5. The van der Waals surface area contributed by atoms with Gasteiger partial charge in [0, 0.05) is 23.2 Å². The standard InChI is InChI=1S/C24H20N4O4/c29-21-17-8-4-5-9-18(17)24(32,28(21)13-12-15-6-2-1-3-7-15)16-10-11-19-20(14-16)26-22(25-19)27-23(30)31/h1-11,14,32H,12-13H2,(H,30,31)(H2,25,26,27). The molecule has 1 unspecified atom stereocenters. The summed E-state index contributed by atoms with van der Waals surface area (Å²) >= 11 is 0. The molecule has 4 N–H and O–H groups in total. The molecule has 0 radical (unpaired) electrons. The molecule has 32 heavy (non-hydrogen) atoms. The number of carbonyl (C=O) groups excluding carboxylic acids is 1. The van der Waals surface area contributed by atoms with Gasteiger partial charge in [0.15, 0.2) is 5.72 Å². The lowest BCUT2D eigenvalue weighted by Gasteiger charge is -2.35. The Bertz CT molecular complexity index is 1330. The Hall–Kier alpha value is -4.17. The second-order valence-corrected chi connectivity index (χ2v) is 7.66. The smallest absolute Gasteiger partial charge is 0.411 e. The highest BCUT2D eigenvalue weighted by Gasteiger charge is 2.49. The van der Waals surface area contributed by atoms with Gasteiger partial charge in [0.2, 0.25) is 5.95 Å². The molecule has 0 saturated heterocycles. The lowest BCUT2D eigenvalue weighted by Crippen LogP contribution is -2.45. The number of carboxylic acid groups (broad SMARTS) is 1. The van der Waals surface area contributed by atoms with Crippen molar-refractivity contribution in [2.45, 2.75) is 12.1 Å². The van der Waals surface area contributed by atoms with Crippen LogP contribution in [0.2, 0.25) is 0 Å². The number of carbonyl (C=O) groups is 2. The maximum atomic E-state index is 13.3. The van der Waals surface area contributed by atoms with E-state index in [1.54, 1.807) is 42.5 Å². The molecule has 3 aromatic carbocycles. The molecule has 0 spiro atoms. The van der Waals surface area contributed by atoms with E-state index in [0.717, 1.165) is 5.56 Å². The summed E-state index contributed by atoms with van der Waals surface area (Å²) in [5, 5.41) is 23.1. The zero-order valence-corrected chi connectivity index (χ0v) is 16.9. The fourth-order valence-electron chi connectivity index (χ4n) is 4.25. The highest BCUT2D eigenvalue weighted by Crippen LogP contribution is 2.42. The highest BCUT2D eigenvalue weighted by molar-refractivity contribution is 6.00. The van der Waals surface area contributed by atoms with E-state index in [2.05, 4.69) is 15.3 Å². The minimum absolute atomic E-state index is 0.0838. The monoisotopic (exact) mass is 428 g/mol. The maximum absolute atomic E-state index is 13.3. The third kappa shape index (κ3) is 3.17. The molecule has 1 atom stereocenters. The normalized spacial score (nSPS) is 17.5. The number of anilines is 1. The predicted octanol–water partition coefficient (Wildman–Crippen LogP) is 3.54. The van der Waals surface area contributed by atoms with E-state index in [1.165, 1.54) is 4.90 Å². The van der Waals surface area contributed by atoms with Crippen molar-refractivity contribution >= 4 is 29.0 Å². The molecule has 8 heteroatoms. The molecule has 5 rings (SSSR count). The van der Waals surface area contributed by atoms with Crippen molar-refractivity contribution in [1.29, 1.82) is 0 Å². The number of aromatic amines is 1. The van der Waals surface area contributed by atoms with E-state index in [-0.39, 0.29) is 11.9 Å². The van der Waals surface area contributed by atoms with Crippen LogP contribution in [-0.2, 0) is 12.1 Å². The van der Waals surface area contributed by atoms with Gasteiger partial charge < -0.3 is 20.1 Å². The molecule has 2 amide bonds. The zero-order valence-electron chi connectivity index (χ0n) is 16.9. The van der Waals surface area contributed by atoms with Crippen molar-refractivity contribution in [3.8, 4) is 0 Å². The number of nitrogens with one attached hydrogen (secondary N) is 2. The lowest BCUT2D eigenvalue weighted by molar-refractivity contribution is -0.0493. The minimum atomic E-state index is -1.67. The van der Waals surface area contributed by atoms with Crippen LogP contribution in [-0.4, -0.2) is 43.6 Å². The first kappa shape index (κ1) is 19.8. The fourth-order valence-corrected chi connectivity index (χ4v) is 4.25. The van der Waals surface area contributed by atoms with Crippen LogP contribution in [0.5, 0.6) is 0 Å². The average Bonchev–Trinajstić information content (AvgIpc) is 3.29. The SMILES string of the molecule is O=C(O)Nc1nc2cc(C3(O)c4ccccc4C(=O)N3CCc3ccccc3)ccc2[nH]1. The highest BCUT2D eigenvalue weighted by atomic mass is 16.4. The Morgan fingerprint density at radius 1 is 1.06 bits per heavy atom. The van der Waals surface area contributed by atoms with Gasteiger partial charge in [-0.1, -0.05) is 54.6 Å². The maximum Gasteiger partial charge on any atom is 0.411 e. The van der Waals surface area contributed by atoms with Gasteiger partial charge in [-0.2, -0.15) is 0 Å². The van der Waals surface area contributed by atoms with Crippen LogP contribution in [0.1, 0.15) is 27.0 Å². The van der Waals surface area contributed by atoms with Gasteiger partial charge in [0.25, 0.3) is 5.91 Å². The Labute approximate surface area is 183 Å². The van der Waals surface area contributed by atoms with Gasteiger partial charge in [0.05, 0.1) is 11.0 Å². The molecule has 1 aromatic heterocycles. The zero-order chi connectivity index (χ0) is 22.3. The summed E-state index contributed by atoms with van der Waals surface area (Å²) in [5.74, 6) is -0.158. The van der Waals surface area contributed by atoms with E-state index in [1.807, 2.05) is 30.3 Å². The van der Waals surface area contributed by atoms with E-state index in [0.29, 0.717) is 40.7 Å². The molecule has 0 aliphatic carbocycles. The summed E-state index contributed by atoms with van der Waals surface area (Å²) in [5.41, 5.74) is 1.91. The van der Waals surface area contributed by atoms with E-state index < -0.39 is 11.8 Å². The molecule has 160 valence electrons. The molecule has 4 aromatic rings. The van der Waals surface area contributed by atoms with Gasteiger partial charge in [0.1, 0.15) is 0 Å². The number of aromatic nitrogens is 2. The fraction of sp³-hybridized carbons (Fsp3) is 0.125. The van der Waals surface area contributed by atoms with Crippen molar-refractivity contribution in [2.75, 3.05) is 11.9 Å². The molecule has 0 bridgehead atoms. The largest absolute Gasteiger partial charge is 0.465 e. The van der Waals surface area contributed by atoms with E-state index in [9.17, 15) is 14.7 Å². The number of H-pyrrole nitrogens is 1. The number of amides is 2. The van der Waals surface area contributed by atoms with Gasteiger partial charge in [-0.15, -0.1) is 0 Å². The number of fused-ring (bicyclic) bond motifs is 2. The van der Waals surface area contributed by atoms with Gasteiger partial charge in [-0.05, 0) is 30.2 Å². The van der Waals surface area contributed by atoms with Crippen LogP contribution in [0.3, 0.4) is 0 Å². The molecule has 0 saturated carbocycles. The number of hydrogen-bond acceptors (Lipinski definition) is 4. The number of benzene rings is 3. The molecule has 1 aliphatic heterocycles. The Balaban J connectivity index is 1.57. The number of hydrogen-bond donors (Lipinski definition) is 4. The van der Waals surface area contributed by atoms with Crippen LogP contribution < -0.4 is 5.32 Å². The van der Waals surface area contributed by atoms with Crippen molar-refractivity contribution in [3.05, 3.63) is 95.1 Å². The Morgan fingerprint density at radius 2 is 1.81 bits per heavy atom. The second kappa shape index (κ2) is 7.51. The third-order valence-electron chi connectivity index (χ3n) is 5.75. The van der Waals surface area contributed by atoms with Gasteiger partial charge in [-0.3, -0.25) is 10.1 Å². The van der Waals surface area contributed by atoms with Crippen LogP contribution in [0.4, 0.5) is 10.7 Å². The van der Waals surface area contributed by atoms with Crippen LogP contribution in [0.15, 0.2) is 72.8 Å². The minimum Gasteiger partial charge on any atom is -0.465 e. The van der Waals surface area contributed by atoms with Crippen LogP contribution in [0.25, 0.3) is 11.0 Å². The number of nitrogens with zero attached hydrogens (tertiary/aromatic N) is 2. The summed E-state index contributed by atoms with van der Waals surface area (Å²) in [4.78, 5) is 32.8. The number of aliphatic hydroxyl groups is 1. The summed E-state index contributed by atoms with van der Waals surface area (Å²) in [7, 11) is 0. The Morgan fingerprint density at radius 3 is 2.59 bits per heavy atom. The summed E-state index contributed by atoms with van der Waals surface area (Å²) < 4.78 is 0. The van der Waals surface area contributed by atoms with E-state index in [4.69, 9.17) is 5.11 Å². The first-order valence-corrected chi connectivity index (χ1v) is 10.1. The Kier molecular flexibility index (Phi) is 4.64. The van der Waals surface area contributed by atoms with Gasteiger partial charge in [-0.25, -0.2) is 9.78 Å². The molecule has 8 nitrogen and oxygen atoms in total. The quantitative estimate of drug-likeness (QED) is 0.388. The number of imidazole rings is 1. The first-order valence-electron chi connectivity index (χ1n) is 10.1. The molecule has 0 fully saturated rings. The topological polar surface area (TPSA) is 119 Å². The molecular weight excluding hydrogens is 408 g/mol. The molecule has 1 aliphatic rings. The molecular formula is C24H20N4O4. The predicted molar refractivity (Wildman–Crippen MR) is 118 cm³/mol. The third-order valence-corrected chi connectivity index (χ3v) is 5.75. The summed E-state index contributed by atoms with van der Waals surface area (Å²) in [6.45, 7) is 0.318. The second-order valence-electron chi connectivity index (χ2n) is 7.66.